The van der Waals surface area contributed by atoms with Crippen molar-refractivity contribution in [3.63, 3.8) is 0 Å². The fourth-order valence-electron chi connectivity index (χ4n) is 2.41. The molecular weight excluding hydrogens is 236 g/mol. The van der Waals surface area contributed by atoms with Crippen molar-refractivity contribution < 1.29 is 0 Å². The molecule has 1 aliphatic rings. The molecule has 0 radical (unpaired) electrons. The van der Waals surface area contributed by atoms with Gasteiger partial charge in [0.2, 0.25) is 0 Å². The Morgan fingerprint density at radius 1 is 0.722 bits per heavy atom. The van der Waals surface area contributed by atoms with Crippen molar-refractivity contribution in [2.45, 2.75) is 30.6 Å². The minimum atomic E-state index is 1.33. The number of rotatable bonds is 0. The highest BCUT2D eigenvalue weighted by Crippen LogP contribution is 2.43. The molecule has 0 aliphatic carbocycles. The third-order valence-corrected chi connectivity index (χ3v) is 4.76. The summed E-state index contributed by atoms with van der Waals surface area (Å²) in [5.74, 6) is 0. The Hall–Kier alpha value is -1.47. The van der Waals surface area contributed by atoms with Gasteiger partial charge in [-0.15, -0.1) is 0 Å². The average molecular weight is 252 g/mol. The zero-order chi connectivity index (χ0) is 12.7. The van der Waals surface area contributed by atoms with Crippen molar-refractivity contribution >= 4 is 22.9 Å². The molecular formula is C17H16S. The van der Waals surface area contributed by atoms with E-state index in [-0.39, 0.29) is 0 Å². The van der Waals surface area contributed by atoms with Crippen molar-refractivity contribution in [1.29, 1.82) is 0 Å². The summed E-state index contributed by atoms with van der Waals surface area (Å²) in [6.07, 6.45) is 0. The molecule has 0 N–H and O–H groups in total. The average Bonchev–Trinajstić information content (AvgIpc) is 2.48. The van der Waals surface area contributed by atoms with E-state index in [9.17, 15) is 0 Å². The Morgan fingerprint density at radius 3 is 2.22 bits per heavy atom. The number of hydrogen-bond acceptors (Lipinski definition) is 1. The molecule has 2 aromatic rings. The summed E-state index contributed by atoms with van der Waals surface area (Å²) in [4.78, 5) is 2.72. The zero-order valence-corrected chi connectivity index (χ0v) is 11.8. The zero-order valence-electron chi connectivity index (χ0n) is 10.9. The highest BCUT2D eigenvalue weighted by atomic mass is 32.2. The van der Waals surface area contributed by atoms with E-state index in [2.05, 4.69) is 63.2 Å². The molecule has 0 spiro atoms. The van der Waals surface area contributed by atoms with Gasteiger partial charge >= 0.3 is 0 Å². The Kier molecular flexibility index (Phi) is 2.79. The first kappa shape index (κ1) is 11.6. The number of fused-ring (bicyclic) bond motifs is 2. The second-order valence-corrected chi connectivity index (χ2v) is 5.93. The van der Waals surface area contributed by atoms with Crippen molar-refractivity contribution in [2.24, 2.45) is 0 Å². The molecule has 18 heavy (non-hydrogen) atoms. The van der Waals surface area contributed by atoms with Crippen LogP contribution >= 0.6 is 11.8 Å². The molecule has 90 valence electrons. The van der Waals surface area contributed by atoms with Crippen molar-refractivity contribution in [1.82, 2.24) is 0 Å². The maximum absolute atomic E-state index is 2.30. The van der Waals surface area contributed by atoms with Crippen LogP contribution in [0.1, 0.15) is 30.5 Å². The summed E-state index contributed by atoms with van der Waals surface area (Å²) in [5.41, 5.74) is 6.86. The van der Waals surface area contributed by atoms with E-state index in [1.54, 1.807) is 0 Å². The minimum Gasteiger partial charge on any atom is -0.0888 e. The van der Waals surface area contributed by atoms with Gasteiger partial charge in [-0.05, 0) is 55.2 Å². The van der Waals surface area contributed by atoms with Gasteiger partial charge in [0.15, 0.2) is 0 Å². The fraction of sp³-hybridized carbons (Fsp3) is 0.176. The van der Waals surface area contributed by atoms with Gasteiger partial charge in [-0.25, -0.2) is 0 Å². The highest BCUT2D eigenvalue weighted by Gasteiger charge is 2.16. The standard InChI is InChI=1S/C17H16S/c1-11-8-9-17-15(10-11)13(3)12(2)14-6-4-5-7-16(14)18-17/h4-10H,1-3H3. The number of aryl methyl sites for hydroxylation is 1. The summed E-state index contributed by atoms with van der Waals surface area (Å²) in [6, 6.07) is 15.4. The van der Waals surface area contributed by atoms with Crippen LogP contribution in [0.25, 0.3) is 11.1 Å². The number of benzene rings is 2. The lowest BCUT2D eigenvalue weighted by Gasteiger charge is -2.08. The SMILES string of the molecule is CC1=C(C)c2cc(C)ccc2Sc2ccccc21. The van der Waals surface area contributed by atoms with Crippen LogP contribution in [0.2, 0.25) is 0 Å². The molecule has 0 bridgehead atoms. The predicted octanol–water partition coefficient (Wildman–Crippen LogP) is 5.41. The molecule has 0 unspecified atom stereocenters. The van der Waals surface area contributed by atoms with Gasteiger partial charge in [-0.3, -0.25) is 0 Å². The molecule has 2 aromatic carbocycles. The number of allylic oxidation sites excluding steroid dienone is 2. The van der Waals surface area contributed by atoms with Gasteiger partial charge in [0.1, 0.15) is 0 Å². The fourth-order valence-corrected chi connectivity index (χ4v) is 3.59. The largest absolute Gasteiger partial charge is 0.0888 e. The lowest BCUT2D eigenvalue weighted by atomic mass is 9.96. The van der Waals surface area contributed by atoms with Crippen LogP contribution in [0.3, 0.4) is 0 Å². The summed E-state index contributed by atoms with van der Waals surface area (Å²) in [5, 5.41) is 0. The van der Waals surface area contributed by atoms with Crippen LogP contribution in [-0.4, -0.2) is 0 Å². The lowest BCUT2D eigenvalue weighted by molar-refractivity contribution is 1.33. The van der Waals surface area contributed by atoms with Crippen molar-refractivity contribution in [3.05, 3.63) is 59.2 Å². The number of hydrogen-bond donors (Lipinski definition) is 0. The van der Waals surface area contributed by atoms with E-state index < -0.39 is 0 Å². The highest BCUT2D eigenvalue weighted by molar-refractivity contribution is 7.99. The van der Waals surface area contributed by atoms with E-state index in [1.165, 1.54) is 37.6 Å². The molecule has 1 heterocycles. The lowest BCUT2D eigenvalue weighted by Crippen LogP contribution is -1.86. The summed E-state index contributed by atoms with van der Waals surface area (Å²) in [6.45, 7) is 6.62. The van der Waals surface area contributed by atoms with Crippen LogP contribution < -0.4 is 0 Å². The first-order valence-electron chi connectivity index (χ1n) is 6.22. The predicted molar refractivity (Wildman–Crippen MR) is 79.9 cm³/mol. The maximum atomic E-state index is 2.30. The second kappa shape index (κ2) is 4.33. The van der Waals surface area contributed by atoms with E-state index in [0.29, 0.717) is 0 Å². The van der Waals surface area contributed by atoms with Crippen LogP contribution in [0.5, 0.6) is 0 Å². The van der Waals surface area contributed by atoms with Gasteiger partial charge < -0.3 is 0 Å². The van der Waals surface area contributed by atoms with Gasteiger partial charge in [0.05, 0.1) is 0 Å². The third-order valence-electron chi connectivity index (χ3n) is 3.61. The summed E-state index contributed by atoms with van der Waals surface area (Å²) < 4.78 is 0. The normalized spacial score (nSPS) is 13.9. The molecule has 0 saturated carbocycles. The van der Waals surface area contributed by atoms with E-state index in [4.69, 9.17) is 0 Å². The topological polar surface area (TPSA) is 0 Å². The van der Waals surface area contributed by atoms with E-state index in [0.717, 1.165) is 0 Å². The van der Waals surface area contributed by atoms with Crippen molar-refractivity contribution in [3.8, 4) is 0 Å². The molecule has 1 heteroatoms. The van der Waals surface area contributed by atoms with Crippen LogP contribution in [0.15, 0.2) is 52.3 Å². The first-order chi connectivity index (χ1) is 8.66. The summed E-state index contributed by atoms with van der Waals surface area (Å²) >= 11 is 1.88. The van der Waals surface area contributed by atoms with Crippen LogP contribution in [0, 0.1) is 6.92 Å². The van der Waals surface area contributed by atoms with Gasteiger partial charge in [-0.1, -0.05) is 47.7 Å². The Balaban J connectivity index is 2.32. The molecule has 0 fully saturated rings. The Morgan fingerprint density at radius 2 is 1.39 bits per heavy atom. The Bertz CT molecular complexity index is 650. The molecule has 0 amide bonds. The van der Waals surface area contributed by atoms with Gasteiger partial charge in [0.25, 0.3) is 0 Å². The van der Waals surface area contributed by atoms with Crippen LogP contribution in [-0.2, 0) is 0 Å². The van der Waals surface area contributed by atoms with E-state index in [1.807, 2.05) is 11.8 Å². The summed E-state index contributed by atoms with van der Waals surface area (Å²) in [7, 11) is 0. The molecule has 0 nitrogen and oxygen atoms in total. The molecule has 0 aromatic heterocycles. The monoisotopic (exact) mass is 252 g/mol. The molecule has 0 atom stereocenters. The molecule has 0 saturated heterocycles. The second-order valence-electron chi connectivity index (χ2n) is 4.85. The van der Waals surface area contributed by atoms with Gasteiger partial charge in [-0.2, -0.15) is 0 Å². The third kappa shape index (κ3) is 1.79. The van der Waals surface area contributed by atoms with E-state index >= 15 is 0 Å². The van der Waals surface area contributed by atoms with Gasteiger partial charge in [0, 0.05) is 9.79 Å². The van der Waals surface area contributed by atoms with Crippen LogP contribution in [0.4, 0.5) is 0 Å². The smallest absolute Gasteiger partial charge is 0.0197 e. The Labute approximate surface area is 113 Å². The first-order valence-corrected chi connectivity index (χ1v) is 7.04. The molecule has 1 aliphatic heterocycles. The quantitative estimate of drug-likeness (QED) is 0.604. The maximum Gasteiger partial charge on any atom is 0.0197 e. The minimum absolute atomic E-state index is 1.33. The van der Waals surface area contributed by atoms with Crippen molar-refractivity contribution in [2.75, 3.05) is 0 Å². The molecule has 3 rings (SSSR count).